The van der Waals surface area contributed by atoms with Gasteiger partial charge in [0, 0.05) is 12.6 Å². The molecule has 2 aliphatic rings. The molecular formula is C9H15Cl2N5O. The number of guanidine groups is 1. The van der Waals surface area contributed by atoms with Crippen LogP contribution in [0.2, 0.25) is 0 Å². The summed E-state index contributed by atoms with van der Waals surface area (Å²) >= 11 is 5.95. The summed E-state index contributed by atoms with van der Waals surface area (Å²) in [5.74, 6) is 0.436. The Hall–Kier alpha value is -1.14. The van der Waals surface area contributed by atoms with E-state index in [1.807, 2.05) is 6.92 Å². The molecule has 0 fully saturated rings. The summed E-state index contributed by atoms with van der Waals surface area (Å²) in [6.45, 7) is 3.45. The van der Waals surface area contributed by atoms with Gasteiger partial charge in [-0.2, -0.15) is 0 Å². The van der Waals surface area contributed by atoms with E-state index in [1.165, 1.54) is 0 Å². The van der Waals surface area contributed by atoms with Crippen molar-refractivity contribution in [3.05, 3.63) is 11.2 Å². The highest BCUT2D eigenvalue weighted by Crippen LogP contribution is 2.14. The van der Waals surface area contributed by atoms with Crippen molar-refractivity contribution >= 4 is 23.5 Å². The van der Waals surface area contributed by atoms with Crippen LogP contribution in [0.4, 0.5) is 0 Å². The van der Waals surface area contributed by atoms with Crippen LogP contribution < -0.4 is 28.4 Å². The molecule has 0 radical (unpaired) electrons. The minimum atomic E-state index is -0.743. The molecule has 0 aromatic heterocycles. The van der Waals surface area contributed by atoms with E-state index < -0.39 is 5.79 Å². The average Bonchev–Trinajstić information content (AvgIpc) is 2.68. The van der Waals surface area contributed by atoms with Gasteiger partial charge in [0.25, 0.3) is 0 Å². The molecule has 0 aromatic carbocycles. The van der Waals surface area contributed by atoms with Crippen molar-refractivity contribution in [3.63, 3.8) is 0 Å². The highest BCUT2D eigenvalue weighted by atomic mass is 35.5. The van der Waals surface area contributed by atoms with E-state index in [4.69, 9.17) is 16.3 Å². The van der Waals surface area contributed by atoms with Crippen LogP contribution in [-0.2, 0) is 4.74 Å². The normalized spacial score (nSPS) is 26.6. The SMILES string of the molecule is COC1=NC(C)(NC2=NCCN2)NC(Cl)=C1.[Cl-].[H+]. The molecule has 3 N–H and O–H groups in total. The monoisotopic (exact) mass is 279 g/mol. The lowest BCUT2D eigenvalue weighted by atomic mass is 10.3. The van der Waals surface area contributed by atoms with Gasteiger partial charge in [-0.05, 0) is 6.92 Å². The largest absolute Gasteiger partial charge is 1.00 e. The van der Waals surface area contributed by atoms with Gasteiger partial charge in [0.05, 0.1) is 13.7 Å². The summed E-state index contributed by atoms with van der Waals surface area (Å²) in [7, 11) is 1.55. The Morgan fingerprint density at radius 1 is 1.65 bits per heavy atom. The van der Waals surface area contributed by atoms with E-state index in [1.54, 1.807) is 13.2 Å². The second-order valence-electron chi connectivity index (χ2n) is 3.63. The van der Waals surface area contributed by atoms with Crippen molar-refractivity contribution in [3.8, 4) is 0 Å². The second-order valence-corrected chi connectivity index (χ2v) is 4.03. The number of halogens is 2. The summed E-state index contributed by atoms with van der Waals surface area (Å²) < 4.78 is 5.07. The van der Waals surface area contributed by atoms with Crippen molar-refractivity contribution < 1.29 is 18.6 Å². The Morgan fingerprint density at radius 3 is 3.00 bits per heavy atom. The van der Waals surface area contributed by atoms with Gasteiger partial charge < -0.3 is 33.1 Å². The summed E-state index contributed by atoms with van der Waals surface area (Å²) in [5.41, 5.74) is 0. The lowest BCUT2D eigenvalue weighted by molar-refractivity contribution is -0.00000492. The molecule has 96 valence electrons. The Morgan fingerprint density at radius 2 is 2.41 bits per heavy atom. The van der Waals surface area contributed by atoms with Crippen LogP contribution in [0.3, 0.4) is 0 Å². The number of hydrogen-bond donors (Lipinski definition) is 3. The molecule has 1 atom stereocenters. The van der Waals surface area contributed by atoms with Crippen LogP contribution in [0.5, 0.6) is 0 Å². The van der Waals surface area contributed by atoms with Gasteiger partial charge in [-0.15, -0.1) is 0 Å². The van der Waals surface area contributed by atoms with Crippen molar-refractivity contribution in [2.75, 3.05) is 20.2 Å². The first-order valence-corrected chi connectivity index (χ1v) is 5.35. The summed E-state index contributed by atoms with van der Waals surface area (Å²) in [6.07, 6.45) is 1.62. The molecule has 0 saturated heterocycles. The Balaban J connectivity index is 0.00000144. The van der Waals surface area contributed by atoms with E-state index in [2.05, 4.69) is 25.9 Å². The molecular weight excluding hydrogens is 265 g/mol. The fraction of sp³-hybridized carbons (Fsp3) is 0.556. The predicted molar refractivity (Wildman–Crippen MR) is 64.5 cm³/mol. The van der Waals surface area contributed by atoms with E-state index in [-0.39, 0.29) is 13.8 Å². The molecule has 2 aliphatic heterocycles. The molecule has 2 heterocycles. The maximum atomic E-state index is 5.95. The Kier molecular flexibility index (Phi) is 4.47. The van der Waals surface area contributed by atoms with E-state index in [0.29, 0.717) is 17.0 Å². The molecule has 0 amide bonds. The quantitative estimate of drug-likeness (QED) is 0.449. The number of rotatable bonds is 1. The van der Waals surface area contributed by atoms with Gasteiger partial charge >= 0.3 is 1.43 Å². The second kappa shape index (κ2) is 5.46. The average molecular weight is 280 g/mol. The van der Waals surface area contributed by atoms with Gasteiger partial charge in [-0.25, -0.2) is 4.99 Å². The van der Waals surface area contributed by atoms with Gasteiger partial charge in [0.15, 0.2) is 5.96 Å². The minimum absolute atomic E-state index is 0. The number of nitrogens with one attached hydrogen (secondary N) is 3. The Labute approximate surface area is 112 Å². The highest BCUT2D eigenvalue weighted by molar-refractivity contribution is 6.30. The zero-order chi connectivity index (χ0) is 11.6. The van der Waals surface area contributed by atoms with Crippen LogP contribution in [0.15, 0.2) is 21.2 Å². The first kappa shape index (κ1) is 13.9. The number of methoxy groups -OCH3 is 1. The van der Waals surface area contributed by atoms with Crippen LogP contribution in [-0.4, -0.2) is 37.8 Å². The molecule has 0 aromatic rings. The molecule has 0 saturated carbocycles. The van der Waals surface area contributed by atoms with Gasteiger partial charge in [0.2, 0.25) is 11.7 Å². The zero-order valence-electron chi connectivity index (χ0n) is 10.6. The molecule has 8 heteroatoms. The maximum Gasteiger partial charge on any atom is 1.00 e. The number of nitrogens with zero attached hydrogens (tertiary/aromatic N) is 2. The third-order valence-corrected chi connectivity index (χ3v) is 2.40. The number of aliphatic imine (C=N–C) groups is 2. The summed E-state index contributed by atoms with van der Waals surface area (Å²) in [6, 6.07) is 0. The van der Waals surface area contributed by atoms with E-state index >= 15 is 0 Å². The van der Waals surface area contributed by atoms with Crippen LogP contribution in [0.25, 0.3) is 0 Å². The molecule has 2 rings (SSSR count). The highest BCUT2D eigenvalue weighted by Gasteiger charge is 2.29. The first-order valence-electron chi connectivity index (χ1n) is 4.97. The van der Waals surface area contributed by atoms with Crippen molar-refractivity contribution in [1.29, 1.82) is 0 Å². The van der Waals surface area contributed by atoms with Gasteiger partial charge in [-0.1, -0.05) is 11.6 Å². The smallest absolute Gasteiger partial charge is 1.00 e. The number of hydrogen-bond acceptors (Lipinski definition) is 6. The third kappa shape index (κ3) is 3.41. The number of ether oxygens (including phenoxy) is 1. The standard InChI is InChI=1S/C9H14ClN5O.ClH/c1-9(15-8-11-3-4-12-8)13-6(10)5-7(14-9)16-2;/h5,13H,3-4H2,1-2H3,(H2,11,12,15);1H. The topological polar surface area (TPSA) is 70.0 Å². The van der Waals surface area contributed by atoms with E-state index in [9.17, 15) is 0 Å². The zero-order valence-corrected chi connectivity index (χ0v) is 11.1. The fourth-order valence-electron chi connectivity index (χ4n) is 1.53. The van der Waals surface area contributed by atoms with E-state index in [0.717, 1.165) is 13.1 Å². The molecule has 0 bridgehead atoms. The summed E-state index contributed by atoms with van der Waals surface area (Å²) in [4.78, 5) is 8.57. The van der Waals surface area contributed by atoms with Crippen molar-refractivity contribution in [2.45, 2.75) is 12.7 Å². The molecule has 17 heavy (non-hydrogen) atoms. The maximum absolute atomic E-state index is 5.95. The molecule has 6 nitrogen and oxygen atoms in total. The van der Waals surface area contributed by atoms with Crippen LogP contribution in [0.1, 0.15) is 8.35 Å². The van der Waals surface area contributed by atoms with Crippen molar-refractivity contribution in [2.24, 2.45) is 9.98 Å². The molecule has 0 aliphatic carbocycles. The molecule has 1 unspecified atom stereocenters. The van der Waals surface area contributed by atoms with Crippen LogP contribution in [0, 0.1) is 0 Å². The Bertz CT molecular complexity index is 387. The third-order valence-electron chi connectivity index (χ3n) is 2.19. The predicted octanol–water partition coefficient (Wildman–Crippen LogP) is -2.95. The first-order chi connectivity index (χ1) is 7.61. The van der Waals surface area contributed by atoms with Crippen LogP contribution >= 0.6 is 11.6 Å². The van der Waals surface area contributed by atoms with Crippen molar-refractivity contribution in [1.82, 2.24) is 16.0 Å². The lowest BCUT2D eigenvalue weighted by Crippen LogP contribution is -3.00. The summed E-state index contributed by atoms with van der Waals surface area (Å²) in [5, 5.41) is 9.71. The lowest BCUT2D eigenvalue weighted by Gasteiger charge is -2.31. The van der Waals surface area contributed by atoms with Gasteiger partial charge in [0.1, 0.15) is 5.16 Å². The molecule has 0 spiro atoms. The fourth-order valence-corrected chi connectivity index (χ4v) is 1.81. The minimum Gasteiger partial charge on any atom is -1.00 e. The van der Waals surface area contributed by atoms with Gasteiger partial charge in [-0.3, -0.25) is 4.99 Å².